The lowest BCUT2D eigenvalue weighted by molar-refractivity contribution is -0.126. The molecule has 150 valence electrons. The summed E-state index contributed by atoms with van der Waals surface area (Å²) in [5.74, 6) is -0.0874. The molecule has 3 aromatic rings. The highest BCUT2D eigenvalue weighted by molar-refractivity contribution is 5.97. The molecule has 1 fully saturated rings. The molecule has 1 saturated heterocycles. The molecule has 2 heterocycles. The average molecular weight is 389 g/mol. The Kier molecular flexibility index (Phi) is 5.94. The zero-order valence-corrected chi connectivity index (χ0v) is 16.6. The molecule has 1 atom stereocenters. The highest BCUT2D eigenvalue weighted by atomic mass is 16.2. The molecular weight excluding hydrogens is 362 g/mol. The van der Waals surface area contributed by atoms with Crippen LogP contribution in [0, 0.1) is 0 Å². The molecule has 5 nitrogen and oxygen atoms in total. The van der Waals surface area contributed by atoms with Crippen LogP contribution in [0.1, 0.15) is 36.0 Å². The number of nitrogens with zero attached hydrogens (tertiary/aromatic N) is 2. The molecule has 2 amide bonds. The Morgan fingerprint density at radius 1 is 0.966 bits per heavy atom. The van der Waals surface area contributed by atoms with Crippen LogP contribution in [-0.2, 0) is 11.3 Å². The van der Waals surface area contributed by atoms with Gasteiger partial charge in [0.15, 0.2) is 0 Å². The van der Waals surface area contributed by atoms with E-state index in [-0.39, 0.29) is 17.9 Å². The van der Waals surface area contributed by atoms with E-state index in [1.807, 2.05) is 42.5 Å². The Morgan fingerprint density at radius 2 is 1.76 bits per heavy atom. The number of nitrogens with one attached hydrogen (secondary N) is 1. The van der Waals surface area contributed by atoms with Crippen LogP contribution in [0.4, 0.5) is 0 Å². The fourth-order valence-electron chi connectivity index (χ4n) is 4.11. The number of hydrogen-bond acceptors (Lipinski definition) is 2. The Morgan fingerprint density at radius 3 is 2.62 bits per heavy atom. The molecule has 1 N–H and O–H groups in total. The Bertz CT molecular complexity index is 980. The minimum Gasteiger partial charge on any atom is -0.354 e. The second-order valence-electron chi connectivity index (χ2n) is 7.59. The minimum atomic E-state index is -0.371. The maximum absolute atomic E-state index is 12.9. The molecule has 0 radical (unpaired) electrons. The molecular formula is C24H27N3O2. The van der Waals surface area contributed by atoms with Crippen molar-refractivity contribution in [2.24, 2.45) is 0 Å². The van der Waals surface area contributed by atoms with E-state index in [1.54, 1.807) is 4.90 Å². The van der Waals surface area contributed by atoms with Gasteiger partial charge < -0.3 is 14.8 Å². The molecule has 1 aliphatic rings. The summed E-state index contributed by atoms with van der Waals surface area (Å²) in [6.45, 7) is 2.10. The first-order valence-corrected chi connectivity index (χ1v) is 10.4. The van der Waals surface area contributed by atoms with Crippen molar-refractivity contribution in [2.75, 3.05) is 13.1 Å². The van der Waals surface area contributed by atoms with Crippen LogP contribution < -0.4 is 5.32 Å². The summed E-state index contributed by atoms with van der Waals surface area (Å²) in [4.78, 5) is 27.4. The first-order valence-electron chi connectivity index (χ1n) is 10.4. The number of aryl methyl sites for hydroxylation is 1. The van der Waals surface area contributed by atoms with E-state index in [0.29, 0.717) is 18.7 Å². The zero-order valence-electron chi connectivity index (χ0n) is 16.6. The number of benzene rings is 2. The van der Waals surface area contributed by atoms with Gasteiger partial charge in [-0.05, 0) is 55.3 Å². The third kappa shape index (κ3) is 4.34. The fourth-order valence-corrected chi connectivity index (χ4v) is 4.11. The highest BCUT2D eigenvalue weighted by Gasteiger charge is 2.32. The molecule has 0 bridgehead atoms. The number of aromatic nitrogens is 1. The van der Waals surface area contributed by atoms with Gasteiger partial charge >= 0.3 is 0 Å². The van der Waals surface area contributed by atoms with Gasteiger partial charge in [0, 0.05) is 36.9 Å². The van der Waals surface area contributed by atoms with E-state index in [2.05, 4.69) is 34.3 Å². The lowest BCUT2D eigenvalue weighted by atomic mass is 10.00. The van der Waals surface area contributed by atoms with E-state index < -0.39 is 0 Å². The lowest BCUT2D eigenvalue weighted by Gasteiger charge is -2.34. The highest BCUT2D eigenvalue weighted by Crippen LogP contribution is 2.20. The standard InChI is InChI=1S/C24H27N3O2/c28-23(25-15-8-16-26-18-14-19-9-4-5-12-21(19)26)22-13-6-7-17-27(22)24(29)20-10-2-1-3-11-20/h1-5,9-12,14,18,22H,6-8,13,15-17H2,(H,25,28)/t22-/m1/s1. The van der Waals surface area contributed by atoms with Gasteiger partial charge in [-0.15, -0.1) is 0 Å². The van der Waals surface area contributed by atoms with Crippen molar-refractivity contribution < 1.29 is 9.59 Å². The number of amides is 2. The first-order chi connectivity index (χ1) is 14.2. The molecule has 1 aromatic heterocycles. The molecule has 4 rings (SSSR count). The molecule has 0 spiro atoms. The minimum absolute atomic E-state index is 0.0358. The molecule has 1 aliphatic heterocycles. The van der Waals surface area contributed by atoms with Crippen LogP contribution in [-0.4, -0.2) is 40.4 Å². The van der Waals surface area contributed by atoms with E-state index in [1.165, 1.54) is 10.9 Å². The van der Waals surface area contributed by atoms with Gasteiger partial charge in [-0.1, -0.05) is 36.4 Å². The van der Waals surface area contributed by atoms with Crippen molar-refractivity contribution in [1.82, 2.24) is 14.8 Å². The first kappa shape index (κ1) is 19.2. The largest absolute Gasteiger partial charge is 0.354 e. The summed E-state index contributed by atoms with van der Waals surface area (Å²) in [6.07, 6.45) is 5.60. The van der Waals surface area contributed by atoms with Crippen molar-refractivity contribution in [3.8, 4) is 0 Å². The smallest absolute Gasteiger partial charge is 0.254 e. The van der Waals surface area contributed by atoms with Crippen LogP contribution in [0.15, 0.2) is 66.9 Å². The topological polar surface area (TPSA) is 54.3 Å². The van der Waals surface area contributed by atoms with Gasteiger partial charge in [-0.25, -0.2) is 0 Å². The lowest BCUT2D eigenvalue weighted by Crippen LogP contribution is -2.52. The monoisotopic (exact) mass is 389 g/mol. The third-order valence-corrected chi connectivity index (χ3v) is 5.64. The van der Waals surface area contributed by atoms with Gasteiger partial charge in [-0.2, -0.15) is 0 Å². The predicted octanol–water partition coefficient (Wildman–Crippen LogP) is 3.84. The summed E-state index contributed by atoms with van der Waals surface area (Å²) in [5, 5.41) is 4.28. The van der Waals surface area contributed by atoms with Crippen LogP contribution >= 0.6 is 0 Å². The fraction of sp³-hybridized carbons (Fsp3) is 0.333. The van der Waals surface area contributed by atoms with Gasteiger partial charge in [0.2, 0.25) is 5.91 Å². The molecule has 29 heavy (non-hydrogen) atoms. The van der Waals surface area contributed by atoms with Crippen molar-refractivity contribution in [3.05, 3.63) is 72.4 Å². The van der Waals surface area contributed by atoms with Crippen LogP contribution in [0.2, 0.25) is 0 Å². The summed E-state index contributed by atoms with van der Waals surface area (Å²) in [7, 11) is 0. The van der Waals surface area contributed by atoms with Gasteiger partial charge in [0.1, 0.15) is 6.04 Å². The van der Waals surface area contributed by atoms with Crippen LogP contribution in [0.3, 0.4) is 0 Å². The number of hydrogen-bond donors (Lipinski definition) is 1. The van der Waals surface area contributed by atoms with E-state index in [9.17, 15) is 9.59 Å². The molecule has 2 aromatic carbocycles. The number of para-hydroxylation sites is 1. The van der Waals surface area contributed by atoms with E-state index >= 15 is 0 Å². The predicted molar refractivity (Wildman–Crippen MR) is 115 cm³/mol. The van der Waals surface area contributed by atoms with Crippen molar-refractivity contribution in [1.29, 1.82) is 0 Å². The Balaban J connectivity index is 1.32. The average Bonchev–Trinajstić information content (AvgIpc) is 3.20. The maximum Gasteiger partial charge on any atom is 0.254 e. The van der Waals surface area contributed by atoms with Crippen molar-refractivity contribution in [3.63, 3.8) is 0 Å². The van der Waals surface area contributed by atoms with Gasteiger partial charge in [0.05, 0.1) is 0 Å². The summed E-state index contributed by atoms with van der Waals surface area (Å²) < 4.78 is 2.22. The van der Waals surface area contributed by atoms with Crippen LogP contribution in [0.25, 0.3) is 10.9 Å². The maximum atomic E-state index is 12.9. The van der Waals surface area contributed by atoms with Crippen molar-refractivity contribution in [2.45, 2.75) is 38.3 Å². The zero-order chi connectivity index (χ0) is 20.1. The molecule has 0 unspecified atom stereocenters. The van der Waals surface area contributed by atoms with E-state index in [0.717, 1.165) is 32.2 Å². The van der Waals surface area contributed by atoms with Gasteiger partial charge in [0.25, 0.3) is 5.91 Å². The third-order valence-electron chi connectivity index (χ3n) is 5.64. The second kappa shape index (κ2) is 8.95. The molecule has 0 saturated carbocycles. The number of piperidine rings is 1. The summed E-state index contributed by atoms with van der Waals surface area (Å²) in [5.41, 5.74) is 1.86. The van der Waals surface area contributed by atoms with Crippen molar-refractivity contribution >= 4 is 22.7 Å². The molecule has 5 heteroatoms. The molecule has 0 aliphatic carbocycles. The number of rotatable bonds is 6. The number of carbonyl (C=O) groups excluding carboxylic acids is 2. The van der Waals surface area contributed by atoms with E-state index in [4.69, 9.17) is 0 Å². The summed E-state index contributed by atoms with van der Waals surface area (Å²) >= 11 is 0. The number of fused-ring (bicyclic) bond motifs is 1. The Hall–Kier alpha value is -3.08. The number of carbonyl (C=O) groups is 2. The van der Waals surface area contributed by atoms with Crippen LogP contribution in [0.5, 0.6) is 0 Å². The second-order valence-corrected chi connectivity index (χ2v) is 7.59. The quantitative estimate of drug-likeness (QED) is 0.651. The normalized spacial score (nSPS) is 16.7. The van der Waals surface area contributed by atoms with Gasteiger partial charge in [-0.3, -0.25) is 9.59 Å². The SMILES string of the molecule is O=C(NCCCn1ccc2ccccc21)[C@H]1CCCCN1C(=O)c1ccccc1. The number of likely N-dealkylation sites (tertiary alicyclic amines) is 1. The Labute approximate surface area is 171 Å². The summed E-state index contributed by atoms with van der Waals surface area (Å²) in [6, 6.07) is 19.3.